The number of alkyl halides is 3. The normalized spacial score (nSPS) is 17.2. The van der Waals surface area contributed by atoms with Gasteiger partial charge in [-0.2, -0.15) is 13.2 Å². The molecule has 0 aromatic carbocycles. The third kappa shape index (κ3) is 5.20. The Labute approximate surface area is 92.7 Å². The predicted octanol–water partition coefficient (Wildman–Crippen LogP) is 1.55. The van der Waals surface area contributed by atoms with Crippen LogP contribution in [0.25, 0.3) is 0 Å². The van der Waals surface area contributed by atoms with Crippen molar-refractivity contribution in [3.05, 3.63) is 0 Å². The zero-order valence-electron chi connectivity index (χ0n) is 9.38. The summed E-state index contributed by atoms with van der Waals surface area (Å²) in [6, 6.07) is 0. The fraction of sp³-hybridized carbons (Fsp3) is 0.889. The fourth-order valence-electron chi connectivity index (χ4n) is 1.08. The Kier molecular flexibility index (Phi) is 6.17. The van der Waals surface area contributed by atoms with Crippen LogP contribution in [0.2, 0.25) is 0 Å². The first-order valence-electron chi connectivity index (χ1n) is 5.07. The Morgan fingerprint density at radius 2 is 2.00 bits per heavy atom. The van der Waals surface area contributed by atoms with E-state index in [1.807, 2.05) is 13.8 Å². The van der Waals surface area contributed by atoms with Crippen LogP contribution >= 0.6 is 0 Å². The smallest absolute Gasteiger partial charge is 0.400 e. The number of nitrogens with two attached hydrogens (primary N) is 1. The lowest BCUT2D eigenvalue weighted by Crippen LogP contribution is -2.43. The second-order valence-electron chi connectivity index (χ2n) is 3.79. The van der Waals surface area contributed by atoms with Crippen LogP contribution in [0.5, 0.6) is 0 Å². The number of oxime groups is 1. The van der Waals surface area contributed by atoms with Crippen LogP contribution < -0.4 is 11.1 Å². The lowest BCUT2D eigenvalue weighted by atomic mass is 10.1. The van der Waals surface area contributed by atoms with E-state index in [2.05, 4.69) is 10.5 Å². The molecular formula is C9H18F3N3O. The Balaban J connectivity index is 4.25. The van der Waals surface area contributed by atoms with E-state index < -0.39 is 17.9 Å². The standard InChI is InChI=1S/C9H18F3N3O/c1-3-6(2)4-14-5-7(8(13)15-16)9(10,11)12/h6-7,14,16H,3-5H2,1-2H3,(H2,13,15). The number of halogens is 3. The molecule has 2 unspecified atom stereocenters. The van der Waals surface area contributed by atoms with Crippen LogP contribution in [-0.2, 0) is 0 Å². The number of hydrogen-bond acceptors (Lipinski definition) is 3. The molecule has 4 N–H and O–H groups in total. The molecule has 4 nitrogen and oxygen atoms in total. The predicted molar refractivity (Wildman–Crippen MR) is 55.3 cm³/mol. The van der Waals surface area contributed by atoms with Crippen molar-refractivity contribution in [2.24, 2.45) is 22.7 Å². The number of nitrogens with one attached hydrogen (secondary N) is 1. The van der Waals surface area contributed by atoms with E-state index in [0.29, 0.717) is 12.5 Å². The van der Waals surface area contributed by atoms with Crippen molar-refractivity contribution in [1.82, 2.24) is 5.32 Å². The van der Waals surface area contributed by atoms with Crippen molar-refractivity contribution >= 4 is 5.84 Å². The van der Waals surface area contributed by atoms with Gasteiger partial charge in [0.1, 0.15) is 5.92 Å². The Hall–Kier alpha value is -0.980. The summed E-state index contributed by atoms with van der Waals surface area (Å²) in [7, 11) is 0. The van der Waals surface area contributed by atoms with Crippen LogP contribution in [0.1, 0.15) is 20.3 Å². The van der Waals surface area contributed by atoms with Gasteiger partial charge in [0, 0.05) is 6.54 Å². The molecule has 96 valence electrons. The molecule has 0 aromatic rings. The van der Waals surface area contributed by atoms with E-state index in [-0.39, 0.29) is 6.54 Å². The summed E-state index contributed by atoms with van der Waals surface area (Å²) in [4.78, 5) is 0. The summed E-state index contributed by atoms with van der Waals surface area (Å²) in [6.45, 7) is 3.99. The minimum atomic E-state index is -4.50. The summed E-state index contributed by atoms with van der Waals surface area (Å²) in [5.74, 6) is -2.47. The molecule has 0 aliphatic heterocycles. The molecule has 0 heterocycles. The molecule has 0 rings (SSSR count). The van der Waals surface area contributed by atoms with Gasteiger partial charge in [0.05, 0.1) is 0 Å². The van der Waals surface area contributed by atoms with Gasteiger partial charge in [0.25, 0.3) is 0 Å². The molecule has 0 aliphatic carbocycles. The monoisotopic (exact) mass is 241 g/mol. The molecule has 0 saturated carbocycles. The first-order chi connectivity index (χ1) is 7.32. The van der Waals surface area contributed by atoms with E-state index in [0.717, 1.165) is 6.42 Å². The van der Waals surface area contributed by atoms with Gasteiger partial charge in [0.2, 0.25) is 0 Å². The molecular weight excluding hydrogens is 223 g/mol. The van der Waals surface area contributed by atoms with Crippen molar-refractivity contribution < 1.29 is 18.4 Å². The number of hydrogen-bond donors (Lipinski definition) is 3. The molecule has 0 aromatic heterocycles. The second-order valence-corrected chi connectivity index (χ2v) is 3.79. The van der Waals surface area contributed by atoms with Gasteiger partial charge in [-0.3, -0.25) is 0 Å². The highest BCUT2D eigenvalue weighted by atomic mass is 19.4. The lowest BCUT2D eigenvalue weighted by Gasteiger charge is -2.20. The van der Waals surface area contributed by atoms with Gasteiger partial charge in [-0.25, -0.2) is 0 Å². The summed E-state index contributed by atoms with van der Waals surface area (Å²) < 4.78 is 37.4. The highest BCUT2D eigenvalue weighted by molar-refractivity contribution is 5.83. The van der Waals surface area contributed by atoms with Crippen molar-refractivity contribution in [2.45, 2.75) is 26.4 Å². The molecule has 2 atom stereocenters. The summed E-state index contributed by atoms with van der Waals surface area (Å²) in [5.41, 5.74) is 4.99. The average molecular weight is 241 g/mol. The van der Waals surface area contributed by atoms with E-state index >= 15 is 0 Å². The third-order valence-corrected chi connectivity index (χ3v) is 2.41. The minimum absolute atomic E-state index is 0.293. The topological polar surface area (TPSA) is 70.6 Å². The van der Waals surface area contributed by atoms with Gasteiger partial charge in [-0.15, -0.1) is 0 Å². The van der Waals surface area contributed by atoms with E-state index in [4.69, 9.17) is 10.9 Å². The Morgan fingerprint density at radius 1 is 1.44 bits per heavy atom. The van der Waals surface area contributed by atoms with Gasteiger partial charge in [0.15, 0.2) is 5.84 Å². The maximum absolute atomic E-state index is 12.5. The number of nitrogens with zero attached hydrogens (tertiary/aromatic N) is 1. The van der Waals surface area contributed by atoms with Crippen molar-refractivity contribution in [3.8, 4) is 0 Å². The maximum Gasteiger partial charge on any atom is 0.400 e. The van der Waals surface area contributed by atoms with Crippen LogP contribution in [0, 0.1) is 11.8 Å². The molecule has 7 heteroatoms. The molecule has 0 aliphatic rings. The first-order valence-corrected chi connectivity index (χ1v) is 5.07. The molecule has 16 heavy (non-hydrogen) atoms. The van der Waals surface area contributed by atoms with Gasteiger partial charge >= 0.3 is 6.18 Å². The molecule has 0 amide bonds. The highest BCUT2D eigenvalue weighted by Gasteiger charge is 2.42. The summed E-state index contributed by atoms with van der Waals surface area (Å²) in [5, 5.41) is 13.3. The Bertz CT molecular complexity index is 231. The largest absolute Gasteiger partial charge is 0.409 e. The number of rotatable bonds is 6. The van der Waals surface area contributed by atoms with E-state index in [1.54, 1.807) is 0 Å². The van der Waals surface area contributed by atoms with Crippen LogP contribution in [0.15, 0.2) is 5.16 Å². The van der Waals surface area contributed by atoms with Crippen molar-refractivity contribution in [2.75, 3.05) is 13.1 Å². The maximum atomic E-state index is 12.5. The van der Waals surface area contributed by atoms with E-state index in [9.17, 15) is 13.2 Å². The fourth-order valence-corrected chi connectivity index (χ4v) is 1.08. The van der Waals surface area contributed by atoms with Crippen LogP contribution in [0.4, 0.5) is 13.2 Å². The van der Waals surface area contributed by atoms with Gasteiger partial charge < -0.3 is 16.3 Å². The van der Waals surface area contributed by atoms with Crippen LogP contribution in [-0.4, -0.2) is 30.3 Å². The average Bonchev–Trinajstić information content (AvgIpc) is 2.21. The highest BCUT2D eigenvalue weighted by Crippen LogP contribution is 2.25. The molecule has 0 spiro atoms. The second kappa shape index (κ2) is 6.57. The molecule has 0 bridgehead atoms. The van der Waals surface area contributed by atoms with Crippen LogP contribution in [0.3, 0.4) is 0 Å². The van der Waals surface area contributed by atoms with E-state index in [1.165, 1.54) is 0 Å². The Morgan fingerprint density at radius 3 is 2.38 bits per heavy atom. The zero-order valence-corrected chi connectivity index (χ0v) is 9.38. The first kappa shape index (κ1) is 15.0. The molecule has 0 radical (unpaired) electrons. The quantitative estimate of drug-likeness (QED) is 0.286. The molecule has 0 fully saturated rings. The molecule has 0 saturated heterocycles. The van der Waals surface area contributed by atoms with Crippen molar-refractivity contribution in [3.63, 3.8) is 0 Å². The van der Waals surface area contributed by atoms with Gasteiger partial charge in [-0.1, -0.05) is 25.4 Å². The summed E-state index contributed by atoms with van der Waals surface area (Å²) in [6.07, 6.45) is -3.62. The summed E-state index contributed by atoms with van der Waals surface area (Å²) >= 11 is 0. The van der Waals surface area contributed by atoms with Gasteiger partial charge in [-0.05, 0) is 12.5 Å². The zero-order chi connectivity index (χ0) is 12.8. The van der Waals surface area contributed by atoms with Crippen molar-refractivity contribution in [1.29, 1.82) is 0 Å². The minimum Gasteiger partial charge on any atom is -0.409 e. The third-order valence-electron chi connectivity index (χ3n) is 2.41. The SMILES string of the molecule is CCC(C)CNCC(C(N)=NO)C(F)(F)F. The lowest BCUT2D eigenvalue weighted by molar-refractivity contribution is -0.154. The number of amidine groups is 1.